The average Bonchev–Trinajstić information content (AvgIpc) is 2.60. The van der Waals surface area contributed by atoms with E-state index < -0.39 is 0 Å². The van der Waals surface area contributed by atoms with Gasteiger partial charge in [0.2, 0.25) is 0 Å². The van der Waals surface area contributed by atoms with Crippen molar-refractivity contribution in [2.24, 2.45) is 0 Å². The molecule has 0 aliphatic heterocycles. The van der Waals surface area contributed by atoms with Crippen LogP contribution in [-0.4, -0.2) is 18.9 Å². The molecule has 1 N–H and O–H groups in total. The van der Waals surface area contributed by atoms with Gasteiger partial charge in [0.25, 0.3) is 0 Å². The third kappa shape index (κ3) is 6.36. The topological polar surface area (TPSA) is 38.3 Å². The summed E-state index contributed by atoms with van der Waals surface area (Å²) >= 11 is 3.37. The molecule has 0 aliphatic rings. The van der Waals surface area contributed by atoms with Crippen LogP contribution in [0.2, 0.25) is 0 Å². The Morgan fingerprint density at radius 1 is 1.04 bits per heavy atom. The fraction of sp³-hybridized carbons (Fsp3) is 0.350. The molecule has 0 spiro atoms. The van der Waals surface area contributed by atoms with Gasteiger partial charge in [-0.2, -0.15) is 0 Å². The molecule has 0 bridgehead atoms. The van der Waals surface area contributed by atoms with Crippen molar-refractivity contribution in [3.05, 3.63) is 58.6 Å². The fourth-order valence-electron chi connectivity index (χ4n) is 2.31. The normalized spacial score (nSPS) is 10.4. The summed E-state index contributed by atoms with van der Waals surface area (Å²) in [6.07, 6.45) is 3.96. The molecule has 3 nitrogen and oxygen atoms in total. The monoisotopic (exact) mass is 389 g/mol. The highest BCUT2D eigenvalue weighted by molar-refractivity contribution is 9.10. The van der Waals surface area contributed by atoms with Gasteiger partial charge >= 0.3 is 0 Å². The van der Waals surface area contributed by atoms with Crippen LogP contribution >= 0.6 is 15.9 Å². The van der Waals surface area contributed by atoms with E-state index in [4.69, 9.17) is 4.74 Å². The van der Waals surface area contributed by atoms with Crippen molar-refractivity contribution in [1.82, 2.24) is 0 Å². The first-order valence-electron chi connectivity index (χ1n) is 8.44. The maximum absolute atomic E-state index is 12.1. The first kappa shape index (κ1) is 18.5. The summed E-state index contributed by atoms with van der Waals surface area (Å²) in [5, 5.41) is 3.27. The molecule has 0 aromatic heterocycles. The Bertz CT molecular complexity index is 623. The van der Waals surface area contributed by atoms with E-state index >= 15 is 0 Å². The van der Waals surface area contributed by atoms with Gasteiger partial charge in [-0.3, -0.25) is 4.79 Å². The molecule has 0 aliphatic carbocycles. The van der Waals surface area contributed by atoms with Gasteiger partial charge in [-0.15, -0.1) is 0 Å². The Kier molecular flexibility index (Phi) is 7.83. The van der Waals surface area contributed by atoms with Crippen LogP contribution in [0.15, 0.2) is 53.0 Å². The maximum Gasteiger partial charge on any atom is 0.164 e. The molecule has 24 heavy (non-hydrogen) atoms. The molecule has 0 saturated carbocycles. The average molecular weight is 390 g/mol. The standard InChI is InChI=1S/C20H24BrNO2/c1-2-3-4-15-24-19-11-9-18(10-12-19)22-14-13-20(23)16-5-7-17(21)8-6-16/h5-12,22H,2-4,13-15H2,1H3. The minimum Gasteiger partial charge on any atom is -0.494 e. The number of ketones is 1. The Labute approximate surface area is 152 Å². The van der Waals surface area contributed by atoms with E-state index in [0.29, 0.717) is 13.0 Å². The van der Waals surface area contributed by atoms with Gasteiger partial charge in [0.15, 0.2) is 5.78 Å². The van der Waals surface area contributed by atoms with Gasteiger partial charge in [-0.1, -0.05) is 47.8 Å². The number of hydrogen-bond acceptors (Lipinski definition) is 3. The van der Waals surface area contributed by atoms with Crippen molar-refractivity contribution < 1.29 is 9.53 Å². The minimum absolute atomic E-state index is 0.144. The smallest absolute Gasteiger partial charge is 0.164 e. The molecule has 0 saturated heterocycles. The number of Topliss-reactive ketones (excluding diaryl/α,β-unsaturated/α-hetero) is 1. The molecule has 0 atom stereocenters. The van der Waals surface area contributed by atoms with Crippen molar-refractivity contribution >= 4 is 27.4 Å². The van der Waals surface area contributed by atoms with Gasteiger partial charge in [0.1, 0.15) is 5.75 Å². The zero-order chi connectivity index (χ0) is 17.2. The van der Waals surface area contributed by atoms with Crippen molar-refractivity contribution in [1.29, 1.82) is 0 Å². The summed E-state index contributed by atoms with van der Waals surface area (Å²) in [6, 6.07) is 15.4. The minimum atomic E-state index is 0.144. The summed E-state index contributed by atoms with van der Waals surface area (Å²) in [5.74, 6) is 1.04. The number of halogens is 1. The van der Waals surface area contributed by atoms with Crippen LogP contribution in [0.1, 0.15) is 43.0 Å². The highest BCUT2D eigenvalue weighted by atomic mass is 79.9. The van der Waals surface area contributed by atoms with E-state index in [0.717, 1.165) is 34.5 Å². The van der Waals surface area contributed by atoms with E-state index in [2.05, 4.69) is 28.2 Å². The molecular weight excluding hydrogens is 366 g/mol. The van der Waals surface area contributed by atoms with E-state index in [1.807, 2.05) is 48.5 Å². The third-order valence-corrected chi connectivity index (χ3v) is 4.25. The second kappa shape index (κ2) is 10.1. The quantitative estimate of drug-likeness (QED) is 0.418. The van der Waals surface area contributed by atoms with Crippen LogP contribution in [0.4, 0.5) is 5.69 Å². The predicted octanol–water partition coefficient (Wildman–Crippen LogP) is 5.70. The number of anilines is 1. The Hall–Kier alpha value is -1.81. The number of rotatable bonds is 10. The summed E-state index contributed by atoms with van der Waals surface area (Å²) < 4.78 is 6.67. The Morgan fingerprint density at radius 2 is 1.75 bits per heavy atom. The molecule has 2 rings (SSSR count). The van der Waals surface area contributed by atoms with Gasteiger partial charge < -0.3 is 10.1 Å². The lowest BCUT2D eigenvalue weighted by atomic mass is 10.1. The number of benzene rings is 2. The lowest BCUT2D eigenvalue weighted by Crippen LogP contribution is -2.08. The highest BCUT2D eigenvalue weighted by Gasteiger charge is 2.05. The fourth-order valence-corrected chi connectivity index (χ4v) is 2.58. The van der Waals surface area contributed by atoms with Crippen LogP contribution in [0.25, 0.3) is 0 Å². The molecule has 2 aromatic rings. The lowest BCUT2D eigenvalue weighted by molar-refractivity contribution is 0.0986. The predicted molar refractivity (Wildman–Crippen MR) is 103 cm³/mol. The van der Waals surface area contributed by atoms with Crippen molar-refractivity contribution in [2.45, 2.75) is 32.6 Å². The highest BCUT2D eigenvalue weighted by Crippen LogP contribution is 2.17. The maximum atomic E-state index is 12.1. The van der Waals surface area contributed by atoms with Gasteiger partial charge in [-0.05, 0) is 42.8 Å². The molecule has 0 fully saturated rings. The second-order valence-electron chi connectivity index (χ2n) is 5.69. The van der Waals surface area contributed by atoms with Crippen LogP contribution in [-0.2, 0) is 0 Å². The zero-order valence-electron chi connectivity index (χ0n) is 14.1. The summed E-state index contributed by atoms with van der Waals surface area (Å²) in [7, 11) is 0. The van der Waals surface area contributed by atoms with Gasteiger partial charge in [0, 0.05) is 28.7 Å². The zero-order valence-corrected chi connectivity index (χ0v) is 15.6. The Morgan fingerprint density at radius 3 is 2.42 bits per heavy atom. The Balaban J connectivity index is 1.72. The molecule has 2 aromatic carbocycles. The second-order valence-corrected chi connectivity index (χ2v) is 6.60. The number of hydrogen-bond donors (Lipinski definition) is 1. The van der Waals surface area contributed by atoms with Crippen molar-refractivity contribution in [2.75, 3.05) is 18.5 Å². The largest absolute Gasteiger partial charge is 0.494 e. The van der Waals surface area contributed by atoms with E-state index in [-0.39, 0.29) is 5.78 Å². The summed E-state index contributed by atoms with van der Waals surface area (Å²) in [6.45, 7) is 3.57. The van der Waals surface area contributed by atoms with Crippen LogP contribution < -0.4 is 10.1 Å². The van der Waals surface area contributed by atoms with Crippen molar-refractivity contribution in [3.63, 3.8) is 0 Å². The van der Waals surface area contributed by atoms with Crippen LogP contribution in [0, 0.1) is 0 Å². The number of nitrogens with one attached hydrogen (secondary N) is 1. The molecule has 0 heterocycles. The molecule has 0 radical (unpaired) electrons. The van der Waals surface area contributed by atoms with E-state index in [9.17, 15) is 4.79 Å². The SMILES string of the molecule is CCCCCOc1ccc(NCCC(=O)c2ccc(Br)cc2)cc1. The van der Waals surface area contributed by atoms with Gasteiger partial charge in [0.05, 0.1) is 6.61 Å². The molecule has 0 amide bonds. The van der Waals surface area contributed by atoms with Gasteiger partial charge in [-0.25, -0.2) is 0 Å². The summed E-state index contributed by atoms with van der Waals surface area (Å²) in [4.78, 5) is 12.1. The molecule has 128 valence electrons. The van der Waals surface area contributed by atoms with E-state index in [1.165, 1.54) is 12.8 Å². The number of carbonyl (C=O) groups is 1. The molecule has 0 unspecified atom stereocenters. The van der Waals surface area contributed by atoms with E-state index in [1.54, 1.807) is 0 Å². The number of carbonyl (C=O) groups excluding carboxylic acids is 1. The van der Waals surface area contributed by atoms with Crippen LogP contribution in [0.5, 0.6) is 5.75 Å². The van der Waals surface area contributed by atoms with Crippen molar-refractivity contribution in [3.8, 4) is 5.75 Å². The third-order valence-electron chi connectivity index (χ3n) is 3.72. The van der Waals surface area contributed by atoms with Crippen LogP contribution in [0.3, 0.4) is 0 Å². The number of unbranched alkanes of at least 4 members (excludes halogenated alkanes) is 2. The summed E-state index contributed by atoms with van der Waals surface area (Å²) in [5.41, 5.74) is 1.75. The first-order valence-corrected chi connectivity index (χ1v) is 9.24. The first-order chi connectivity index (χ1) is 11.7. The molecule has 4 heteroatoms. The molecular formula is C20H24BrNO2. The number of ether oxygens (including phenoxy) is 1. The lowest BCUT2D eigenvalue weighted by Gasteiger charge is -2.09.